The van der Waals surface area contributed by atoms with E-state index in [1.165, 1.54) is 0 Å². The number of halogens is 2. The van der Waals surface area contributed by atoms with E-state index in [-0.39, 0.29) is 6.61 Å². The van der Waals surface area contributed by atoms with Gasteiger partial charge < -0.3 is 4.74 Å². The Balaban J connectivity index is 3.13. The van der Waals surface area contributed by atoms with Gasteiger partial charge in [-0.1, -0.05) is 15.9 Å². The SMILES string of the molecule is CCOC(=O)C(=O)c1cc(Br)cc(C)c1Br. The molecule has 0 aromatic heterocycles. The summed E-state index contributed by atoms with van der Waals surface area (Å²) >= 11 is 6.56. The smallest absolute Gasteiger partial charge is 0.379 e. The van der Waals surface area contributed by atoms with Gasteiger partial charge in [0.05, 0.1) is 6.61 Å². The Bertz CT molecular complexity index is 441. The van der Waals surface area contributed by atoms with E-state index in [2.05, 4.69) is 36.6 Å². The van der Waals surface area contributed by atoms with Crippen molar-refractivity contribution in [1.82, 2.24) is 0 Å². The second kappa shape index (κ2) is 5.59. The summed E-state index contributed by atoms with van der Waals surface area (Å²) in [6.45, 7) is 3.69. The number of ether oxygens (including phenoxy) is 1. The van der Waals surface area contributed by atoms with Gasteiger partial charge in [0, 0.05) is 14.5 Å². The highest BCUT2D eigenvalue weighted by molar-refractivity contribution is 9.11. The summed E-state index contributed by atoms with van der Waals surface area (Å²) in [4.78, 5) is 23.0. The lowest BCUT2D eigenvalue weighted by Crippen LogP contribution is -2.18. The molecule has 0 bridgehead atoms. The van der Waals surface area contributed by atoms with Crippen LogP contribution in [0, 0.1) is 6.92 Å². The van der Waals surface area contributed by atoms with E-state index in [4.69, 9.17) is 0 Å². The zero-order valence-corrected chi connectivity index (χ0v) is 12.0. The first-order valence-corrected chi connectivity index (χ1v) is 6.23. The predicted molar refractivity (Wildman–Crippen MR) is 67.5 cm³/mol. The number of hydrogen-bond acceptors (Lipinski definition) is 3. The van der Waals surface area contributed by atoms with E-state index in [0.29, 0.717) is 10.0 Å². The van der Waals surface area contributed by atoms with Crippen LogP contribution in [0.4, 0.5) is 0 Å². The molecule has 0 saturated carbocycles. The highest BCUT2D eigenvalue weighted by Crippen LogP contribution is 2.26. The number of Topliss-reactive ketones (excluding diaryl/α,β-unsaturated/α-hetero) is 1. The van der Waals surface area contributed by atoms with Crippen molar-refractivity contribution in [3.05, 3.63) is 32.2 Å². The molecule has 0 radical (unpaired) electrons. The van der Waals surface area contributed by atoms with E-state index in [0.717, 1.165) is 10.0 Å². The summed E-state index contributed by atoms with van der Waals surface area (Å²) < 4.78 is 6.04. The first-order valence-electron chi connectivity index (χ1n) is 4.64. The minimum Gasteiger partial charge on any atom is -0.460 e. The van der Waals surface area contributed by atoms with Crippen molar-refractivity contribution in [2.45, 2.75) is 13.8 Å². The first kappa shape index (κ1) is 13.4. The number of aryl methyl sites for hydroxylation is 1. The highest BCUT2D eigenvalue weighted by Gasteiger charge is 2.21. The first-order chi connectivity index (χ1) is 7.47. The molecular formula is C11H10Br2O3. The molecule has 16 heavy (non-hydrogen) atoms. The molecule has 5 heteroatoms. The van der Waals surface area contributed by atoms with Crippen LogP contribution >= 0.6 is 31.9 Å². The molecule has 0 aliphatic carbocycles. The molecule has 0 spiro atoms. The molecule has 1 aromatic rings. The van der Waals surface area contributed by atoms with Gasteiger partial charge in [-0.05, 0) is 47.5 Å². The fraction of sp³-hybridized carbons (Fsp3) is 0.273. The summed E-state index contributed by atoms with van der Waals surface area (Å²) in [5.74, 6) is -1.47. The molecule has 0 atom stereocenters. The number of hydrogen-bond donors (Lipinski definition) is 0. The van der Waals surface area contributed by atoms with Crippen LogP contribution in [0.1, 0.15) is 22.8 Å². The van der Waals surface area contributed by atoms with Crippen LogP contribution in [-0.2, 0) is 9.53 Å². The van der Waals surface area contributed by atoms with Crippen LogP contribution < -0.4 is 0 Å². The van der Waals surface area contributed by atoms with Crippen molar-refractivity contribution >= 4 is 43.6 Å². The molecule has 86 valence electrons. The Kier molecular flexibility index (Phi) is 4.68. The zero-order valence-electron chi connectivity index (χ0n) is 8.84. The van der Waals surface area contributed by atoms with E-state index < -0.39 is 11.8 Å². The van der Waals surface area contributed by atoms with E-state index in [9.17, 15) is 9.59 Å². The molecular weight excluding hydrogens is 340 g/mol. The van der Waals surface area contributed by atoms with Gasteiger partial charge >= 0.3 is 5.97 Å². The normalized spacial score (nSPS) is 10.0. The number of carbonyl (C=O) groups excluding carboxylic acids is 2. The molecule has 1 aromatic carbocycles. The van der Waals surface area contributed by atoms with Crippen LogP contribution in [0.5, 0.6) is 0 Å². The zero-order chi connectivity index (χ0) is 12.3. The van der Waals surface area contributed by atoms with Crippen molar-refractivity contribution in [1.29, 1.82) is 0 Å². The standard InChI is InChI=1S/C11H10Br2O3/c1-3-16-11(15)10(14)8-5-7(12)4-6(2)9(8)13/h4-5H,3H2,1-2H3. The largest absolute Gasteiger partial charge is 0.460 e. The maximum atomic E-state index is 11.7. The van der Waals surface area contributed by atoms with Gasteiger partial charge in [0.2, 0.25) is 0 Å². The van der Waals surface area contributed by atoms with Gasteiger partial charge in [-0.25, -0.2) is 4.79 Å². The summed E-state index contributed by atoms with van der Waals surface area (Å²) in [5, 5.41) is 0. The number of esters is 1. The fourth-order valence-corrected chi connectivity index (χ4v) is 2.18. The van der Waals surface area contributed by atoms with Gasteiger partial charge in [-0.2, -0.15) is 0 Å². The Morgan fingerprint density at radius 2 is 1.94 bits per heavy atom. The lowest BCUT2D eigenvalue weighted by Gasteiger charge is -2.06. The summed E-state index contributed by atoms with van der Waals surface area (Å²) in [7, 11) is 0. The summed E-state index contributed by atoms with van der Waals surface area (Å²) in [6, 6.07) is 3.45. The summed E-state index contributed by atoms with van der Waals surface area (Å²) in [6.07, 6.45) is 0. The minimum absolute atomic E-state index is 0.190. The molecule has 0 fully saturated rings. The van der Waals surface area contributed by atoms with E-state index >= 15 is 0 Å². The Hall–Kier alpha value is -0.680. The number of benzene rings is 1. The molecule has 0 N–H and O–H groups in total. The lowest BCUT2D eigenvalue weighted by atomic mass is 10.1. The second-order valence-corrected chi connectivity index (χ2v) is 4.84. The molecule has 0 amide bonds. The third-order valence-corrected chi connectivity index (χ3v) is 3.44. The van der Waals surface area contributed by atoms with Crippen LogP contribution in [0.25, 0.3) is 0 Å². The maximum Gasteiger partial charge on any atom is 0.379 e. The number of rotatable bonds is 3. The Morgan fingerprint density at radius 1 is 1.31 bits per heavy atom. The topological polar surface area (TPSA) is 43.4 Å². The van der Waals surface area contributed by atoms with E-state index in [1.54, 1.807) is 13.0 Å². The minimum atomic E-state index is -0.833. The molecule has 0 heterocycles. The molecule has 0 saturated heterocycles. The Morgan fingerprint density at radius 3 is 2.50 bits per heavy atom. The quantitative estimate of drug-likeness (QED) is 0.478. The second-order valence-electron chi connectivity index (χ2n) is 3.13. The van der Waals surface area contributed by atoms with Crippen molar-refractivity contribution < 1.29 is 14.3 Å². The van der Waals surface area contributed by atoms with Crippen molar-refractivity contribution in [2.75, 3.05) is 6.61 Å². The maximum absolute atomic E-state index is 11.7. The average Bonchev–Trinajstić information content (AvgIpc) is 2.22. The molecule has 0 aliphatic heterocycles. The van der Waals surface area contributed by atoms with Crippen molar-refractivity contribution in [3.8, 4) is 0 Å². The number of ketones is 1. The van der Waals surface area contributed by atoms with Gasteiger partial charge in [0.25, 0.3) is 5.78 Å². The van der Waals surface area contributed by atoms with Gasteiger partial charge in [0.1, 0.15) is 0 Å². The molecule has 0 unspecified atom stereocenters. The highest BCUT2D eigenvalue weighted by atomic mass is 79.9. The number of carbonyl (C=O) groups is 2. The molecule has 3 nitrogen and oxygen atoms in total. The fourth-order valence-electron chi connectivity index (χ4n) is 1.20. The Labute approximate surface area is 110 Å². The van der Waals surface area contributed by atoms with Gasteiger partial charge in [-0.15, -0.1) is 0 Å². The van der Waals surface area contributed by atoms with Crippen LogP contribution in [0.15, 0.2) is 21.1 Å². The van der Waals surface area contributed by atoms with Crippen LogP contribution in [0.2, 0.25) is 0 Å². The molecule has 0 aliphatic rings. The monoisotopic (exact) mass is 348 g/mol. The van der Waals surface area contributed by atoms with Gasteiger partial charge in [0.15, 0.2) is 0 Å². The predicted octanol–water partition coefficient (Wildman–Crippen LogP) is 3.27. The van der Waals surface area contributed by atoms with Crippen molar-refractivity contribution in [3.63, 3.8) is 0 Å². The van der Waals surface area contributed by atoms with Crippen molar-refractivity contribution in [2.24, 2.45) is 0 Å². The molecule has 1 rings (SSSR count). The lowest BCUT2D eigenvalue weighted by molar-refractivity contribution is -0.137. The third-order valence-electron chi connectivity index (χ3n) is 1.92. The third kappa shape index (κ3) is 2.92. The van der Waals surface area contributed by atoms with Crippen LogP contribution in [-0.4, -0.2) is 18.4 Å². The van der Waals surface area contributed by atoms with E-state index in [1.807, 2.05) is 13.0 Å². The van der Waals surface area contributed by atoms with Crippen LogP contribution in [0.3, 0.4) is 0 Å². The summed E-state index contributed by atoms with van der Waals surface area (Å²) in [5.41, 5.74) is 1.19. The van der Waals surface area contributed by atoms with Gasteiger partial charge in [-0.3, -0.25) is 4.79 Å². The average molecular weight is 350 g/mol.